The topological polar surface area (TPSA) is 76.5 Å². The van der Waals surface area contributed by atoms with Gasteiger partial charge in [-0.2, -0.15) is 5.10 Å². The summed E-state index contributed by atoms with van der Waals surface area (Å²) < 4.78 is 20.4. The predicted octanol–water partition coefficient (Wildman–Crippen LogP) is 1.12. The number of ether oxygens (including phenoxy) is 1. The van der Waals surface area contributed by atoms with E-state index in [2.05, 4.69) is 10.4 Å². The number of benzene rings is 1. The molecule has 0 radical (unpaired) electrons. The van der Waals surface area contributed by atoms with Gasteiger partial charge in [0.2, 0.25) is 5.91 Å². The third-order valence-electron chi connectivity index (χ3n) is 4.07. The van der Waals surface area contributed by atoms with Gasteiger partial charge in [-0.3, -0.25) is 14.3 Å². The molecular formula is C17H19FN4O3. The highest BCUT2D eigenvalue weighted by Crippen LogP contribution is 2.24. The number of nitrogens with one attached hydrogen (secondary N) is 1. The molecular weight excluding hydrogens is 327 g/mol. The van der Waals surface area contributed by atoms with Crippen molar-refractivity contribution in [2.75, 3.05) is 19.7 Å². The van der Waals surface area contributed by atoms with Crippen LogP contribution in [0.3, 0.4) is 0 Å². The van der Waals surface area contributed by atoms with Gasteiger partial charge in [0.25, 0.3) is 5.91 Å². The van der Waals surface area contributed by atoms with Crippen LogP contribution in [0.5, 0.6) is 5.75 Å². The number of hydrogen-bond acceptors (Lipinski definition) is 4. The number of amides is 2. The van der Waals surface area contributed by atoms with Gasteiger partial charge in [-0.15, -0.1) is 0 Å². The van der Waals surface area contributed by atoms with Crippen molar-refractivity contribution in [1.82, 2.24) is 20.0 Å². The van der Waals surface area contributed by atoms with Crippen LogP contribution in [-0.4, -0.2) is 46.2 Å². The SMILES string of the molecule is CC(C(=O)NCCN1Cc2cc(F)ccc2OCC1=O)n1cccn1. The van der Waals surface area contributed by atoms with Crippen molar-refractivity contribution in [3.63, 3.8) is 0 Å². The van der Waals surface area contributed by atoms with Gasteiger partial charge in [0.05, 0.1) is 0 Å². The Hall–Kier alpha value is -2.90. The van der Waals surface area contributed by atoms with E-state index in [9.17, 15) is 14.0 Å². The molecule has 1 N–H and O–H groups in total. The highest BCUT2D eigenvalue weighted by molar-refractivity contribution is 5.80. The molecule has 0 aliphatic carbocycles. The second-order valence-electron chi connectivity index (χ2n) is 5.81. The van der Waals surface area contributed by atoms with Crippen molar-refractivity contribution in [3.05, 3.63) is 48.0 Å². The molecule has 1 atom stereocenters. The molecule has 2 aromatic rings. The molecule has 2 amide bonds. The number of rotatable bonds is 5. The van der Waals surface area contributed by atoms with Gasteiger partial charge in [0, 0.05) is 37.6 Å². The molecule has 2 heterocycles. The zero-order valence-electron chi connectivity index (χ0n) is 13.8. The van der Waals surface area contributed by atoms with Crippen LogP contribution in [0, 0.1) is 5.82 Å². The van der Waals surface area contributed by atoms with E-state index in [0.29, 0.717) is 24.4 Å². The van der Waals surface area contributed by atoms with Crippen molar-refractivity contribution >= 4 is 11.8 Å². The molecule has 1 aliphatic rings. The Labute approximate surface area is 144 Å². The minimum Gasteiger partial charge on any atom is -0.483 e. The Balaban J connectivity index is 1.57. The van der Waals surface area contributed by atoms with Crippen LogP contribution in [0.25, 0.3) is 0 Å². The number of halogens is 1. The number of hydrogen-bond donors (Lipinski definition) is 1. The van der Waals surface area contributed by atoms with Gasteiger partial charge in [-0.25, -0.2) is 4.39 Å². The smallest absolute Gasteiger partial charge is 0.260 e. The Morgan fingerprint density at radius 1 is 1.48 bits per heavy atom. The minimum absolute atomic E-state index is 0.101. The molecule has 0 saturated carbocycles. The van der Waals surface area contributed by atoms with Gasteiger partial charge in [0.15, 0.2) is 6.61 Å². The lowest BCUT2D eigenvalue weighted by Gasteiger charge is -2.21. The van der Waals surface area contributed by atoms with E-state index in [0.717, 1.165) is 0 Å². The average molecular weight is 346 g/mol. The molecule has 25 heavy (non-hydrogen) atoms. The zero-order chi connectivity index (χ0) is 17.8. The lowest BCUT2D eigenvalue weighted by atomic mass is 10.2. The van der Waals surface area contributed by atoms with Gasteiger partial charge in [-0.05, 0) is 31.2 Å². The van der Waals surface area contributed by atoms with Crippen molar-refractivity contribution < 1.29 is 18.7 Å². The second-order valence-corrected chi connectivity index (χ2v) is 5.81. The van der Waals surface area contributed by atoms with Crippen molar-refractivity contribution in [2.45, 2.75) is 19.5 Å². The van der Waals surface area contributed by atoms with Crippen molar-refractivity contribution in [3.8, 4) is 5.75 Å². The molecule has 1 aliphatic heterocycles. The molecule has 7 nitrogen and oxygen atoms in total. The standard InChI is InChI=1S/C17H19FN4O3/c1-12(22-7-2-5-20-22)17(24)19-6-8-21-10-13-9-14(18)3-4-15(13)25-11-16(21)23/h2-5,7,9,12H,6,8,10-11H2,1H3,(H,19,24). The van der Waals surface area contributed by atoms with Crippen LogP contribution in [0.4, 0.5) is 4.39 Å². The summed E-state index contributed by atoms with van der Waals surface area (Å²) in [6.07, 6.45) is 3.32. The summed E-state index contributed by atoms with van der Waals surface area (Å²) in [5, 5.41) is 6.82. The molecule has 0 spiro atoms. The molecule has 0 saturated heterocycles. The number of carbonyl (C=O) groups is 2. The second kappa shape index (κ2) is 7.33. The predicted molar refractivity (Wildman–Crippen MR) is 87.3 cm³/mol. The van der Waals surface area contributed by atoms with E-state index in [1.54, 1.807) is 35.0 Å². The summed E-state index contributed by atoms with van der Waals surface area (Å²) in [6, 6.07) is 5.49. The summed E-state index contributed by atoms with van der Waals surface area (Å²) in [4.78, 5) is 25.8. The number of aromatic nitrogens is 2. The highest BCUT2D eigenvalue weighted by atomic mass is 19.1. The first kappa shape index (κ1) is 16.9. The average Bonchev–Trinajstić information content (AvgIpc) is 3.08. The molecule has 1 aromatic carbocycles. The summed E-state index contributed by atoms with van der Waals surface area (Å²) >= 11 is 0. The van der Waals surface area contributed by atoms with Crippen LogP contribution in [-0.2, 0) is 16.1 Å². The first-order valence-corrected chi connectivity index (χ1v) is 8.00. The number of fused-ring (bicyclic) bond motifs is 1. The maximum absolute atomic E-state index is 13.4. The lowest BCUT2D eigenvalue weighted by molar-refractivity contribution is -0.133. The maximum atomic E-state index is 13.4. The quantitative estimate of drug-likeness (QED) is 0.880. The monoisotopic (exact) mass is 346 g/mol. The van der Waals surface area contributed by atoms with Gasteiger partial charge >= 0.3 is 0 Å². The molecule has 0 bridgehead atoms. The Kier molecular flexibility index (Phi) is 4.97. The fourth-order valence-electron chi connectivity index (χ4n) is 2.63. The van der Waals surface area contributed by atoms with Crippen LogP contribution < -0.4 is 10.1 Å². The highest BCUT2D eigenvalue weighted by Gasteiger charge is 2.22. The summed E-state index contributed by atoms with van der Waals surface area (Å²) in [5.41, 5.74) is 0.613. The normalized spacial score (nSPS) is 15.1. The van der Waals surface area contributed by atoms with Gasteiger partial charge in [-0.1, -0.05) is 0 Å². The Morgan fingerprint density at radius 3 is 3.08 bits per heavy atom. The largest absolute Gasteiger partial charge is 0.483 e. The lowest BCUT2D eigenvalue weighted by Crippen LogP contribution is -2.40. The van der Waals surface area contributed by atoms with Crippen molar-refractivity contribution in [2.24, 2.45) is 0 Å². The molecule has 1 aromatic heterocycles. The van der Waals surface area contributed by atoms with Gasteiger partial charge in [0.1, 0.15) is 17.6 Å². The third kappa shape index (κ3) is 3.96. The fraction of sp³-hybridized carbons (Fsp3) is 0.353. The molecule has 0 fully saturated rings. The summed E-state index contributed by atoms with van der Waals surface area (Å²) in [6.45, 7) is 2.50. The van der Waals surface area contributed by atoms with E-state index in [4.69, 9.17) is 4.74 Å². The number of nitrogens with zero attached hydrogens (tertiary/aromatic N) is 3. The van der Waals surface area contributed by atoms with Crippen LogP contribution in [0.15, 0.2) is 36.7 Å². The molecule has 8 heteroatoms. The molecule has 132 valence electrons. The summed E-state index contributed by atoms with van der Waals surface area (Å²) in [5.74, 6) is -0.258. The van der Waals surface area contributed by atoms with E-state index < -0.39 is 6.04 Å². The van der Waals surface area contributed by atoms with E-state index in [1.807, 2.05) is 0 Å². The number of carbonyl (C=O) groups excluding carboxylic acids is 2. The fourth-order valence-corrected chi connectivity index (χ4v) is 2.63. The zero-order valence-corrected chi connectivity index (χ0v) is 13.8. The molecule has 3 rings (SSSR count). The summed E-state index contributed by atoms with van der Waals surface area (Å²) in [7, 11) is 0. The first-order chi connectivity index (χ1) is 12.0. The van der Waals surface area contributed by atoms with Crippen LogP contribution >= 0.6 is 0 Å². The molecule has 1 unspecified atom stereocenters. The van der Waals surface area contributed by atoms with Crippen molar-refractivity contribution in [1.29, 1.82) is 0 Å². The first-order valence-electron chi connectivity index (χ1n) is 8.00. The Morgan fingerprint density at radius 2 is 2.32 bits per heavy atom. The minimum atomic E-state index is -0.437. The Bertz CT molecular complexity index is 763. The van der Waals surface area contributed by atoms with E-state index in [1.165, 1.54) is 18.2 Å². The maximum Gasteiger partial charge on any atom is 0.260 e. The van der Waals surface area contributed by atoms with E-state index >= 15 is 0 Å². The van der Waals surface area contributed by atoms with Crippen LogP contribution in [0.2, 0.25) is 0 Å². The third-order valence-corrected chi connectivity index (χ3v) is 4.07. The van der Waals surface area contributed by atoms with Crippen LogP contribution in [0.1, 0.15) is 18.5 Å². The van der Waals surface area contributed by atoms with Gasteiger partial charge < -0.3 is 15.0 Å². The van der Waals surface area contributed by atoms with E-state index in [-0.39, 0.29) is 30.8 Å².